The van der Waals surface area contributed by atoms with E-state index in [9.17, 15) is 18.5 Å². The smallest absolute Gasteiger partial charge is 0.271 e. The summed E-state index contributed by atoms with van der Waals surface area (Å²) in [6.45, 7) is 0.0867. The fourth-order valence-corrected chi connectivity index (χ4v) is 3.21. The number of hydrogen-bond acceptors (Lipinski definition) is 7. The van der Waals surface area contributed by atoms with Crippen LogP contribution in [0, 0.1) is 10.1 Å². The molecule has 0 aliphatic rings. The molecule has 2 aromatic rings. The van der Waals surface area contributed by atoms with Gasteiger partial charge >= 0.3 is 0 Å². The molecular weight excluding hydrogens is 304 g/mol. The summed E-state index contributed by atoms with van der Waals surface area (Å²) in [6, 6.07) is 3.22. The molecule has 20 heavy (non-hydrogen) atoms. The number of nitro groups is 1. The molecule has 106 valence electrons. The van der Waals surface area contributed by atoms with Crippen LogP contribution in [0.1, 0.15) is 4.88 Å². The Kier molecular flexibility index (Phi) is 3.97. The number of non-ortho nitro benzene ring substituents is 1. The first kappa shape index (κ1) is 14.4. The number of rotatable bonds is 5. The number of nitrogens with zero attached hydrogens (tertiary/aromatic N) is 2. The topological polar surface area (TPSA) is 128 Å². The highest BCUT2D eigenvalue weighted by Gasteiger charge is 2.19. The average Bonchev–Trinajstić information content (AvgIpc) is 2.89. The standard InChI is InChI=1S/C10H10N4O4S2/c11-9-3-7(14(15)16)1-2-10(9)20(17,18)13-5-8-4-12-6-19-8/h1-4,6,13H,5,11H2. The number of benzene rings is 1. The third-order valence-corrected chi connectivity index (χ3v) is 4.67. The first-order valence-corrected chi connectivity index (χ1v) is 7.67. The lowest BCUT2D eigenvalue weighted by Gasteiger charge is -2.07. The molecule has 1 aromatic carbocycles. The second-order valence-corrected chi connectivity index (χ2v) is 6.48. The number of nitrogens with one attached hydrogen (secondary N) is 1. The van der Waals surface area contributed by atoms with Crippen molar-refractivity contribution in [2.24, 2.45) is 0 Å². The lowest BCUT2D eigenvalue weighted by Crippen LogP contribution is -2.23. The van der Waals surface area contributed by atoms with Crippen molar-refractivity contribution in [1.82, 2.24) is 9.71 Å². The molecule has 0 radical (unpaired) electrons. The minimum absolute atomic E-state index is 0.0867. The molecule has 0 aliphatic heterocycles. The van der Waals surface area contributed by atoms with Crippen LogP contribution in [-0.2, 0) is 16.6 Å². The van der Waals surface area contributed by atoms with Gasteiger partial charge < -0.3 is 5.73 Å². The van der Waals surface area contributed by atoms with Crippen molar-refractivity contribution in [2.45, 2.75) is 11.4 Å². The molecule has 8 nitrogen and oxygen atoms in total. The van der Waals surface area contributed by atoms with E-state index in [1.54, 1.807) is 11.7 Å². The Morgan fingerprint density at radius 3 is 2.75 bits per heavy atom. The second-order valence-electron chi connectivity index (χ2n) is 3.77. The Morgan fingerprint density at radius 1 is 1.45 bits per heavy atom. The Hall–Kier alpha value is -2.04. The van der Waals surface area contributed by atoms with Crippen LogP contribution < -0.4 is 10.5 Å². The van der Waals surface area contributed by atoms with Crippen molar-refractivity contribution in [2.75, 3.05) is 5.73 Å². The van der Waals surface area contributed by atoms with Gasteiger partial charge in [-0.15, -0.1) is 11.3 Å². The fraction of sp³-hybridized carbons (Fsp3) is 0.100. The number of aromatic nitrogens is 1. The monoisotopic (exact) mass is 314 g/mol. The van der Waals surface area contributed by atoms with Gasteiger partial charge in [-0.1, -0.05) is 0 Å². The van der Waals surface area contributed by atoms with Crippen molar-refractivity contribution < 1.29 is 13.3 Å². The molecule has 1 heterocycles. The van der Waals surface area contributed by atoms with E-state index in [1.165, 1.54) is 11.3 Å². The highest BCUT2D eigenvalue weighted by Crippen LogP contribution is 2.23. The maximum atomic E-state index is 12.1. The minimum atomic E-state index is -3.83. The number of sulfonamides is 1. The maximum Gasteiger partial charge on any atom is 0.271 e. The van der Waals surface area contributed by atoms with Crippen LogP contribution >= 0.6 is 11.3 Å². The van der Waals surface area contributed by atoms with E-state index in [0.29, 0.717) is 0 Å². The molecule has 0 atom stereocenters. The van der Waals surface area contributed by atoms with Crippen LogP contribution in [0.25, 0.3) is 0 Å². The molecule has 0 amide bonds. The second kappa shape index (κ2) is 5.53. The van der Waals surface area contributed by atoms with Crippen LogP contribution in [0.4, 0.5) is 11.4 Å². The van der Waals surface area contributed by atoms with Gasteiger partial charge in [0.1, 0.15) is 4.90 Å². The molecule has 2 rings (SSSR count). The molecule has 10 heteroatoms. The molecular formula is C10H10N4O4S2. The van der Waals surface area contributed by atoms with Crippen molar-refractivity contribution in [3.05, 3.63) is 44.9 Å². The first-order chi connectivity index (χ1) is 9.40. The predicted molar refractivity (Wildman–Crippen MR) is 73.6 cm³/mol. The van der Waals surface area contributed by atoms with Gasteiger partial charge in [-0.3, -0.25) is 15.1 Å². The third-order valence-electron chi connectivity index (χ3n) is 2.41. The zero-order valence-corrected chi connectivity index (χ0v) is 11.6. The molecule has 0 aliphatic carbocycles. The molecule has 0 spiro atoms. The van der Waals surface area contributed by atoms with Gasteiger partial charge in [0, 0.05) is 29.8 Å². The quantitative estimate of drug-likeness (QED) is 0.483. The Balaban J connectivity index is 2.23. The van der Waals surface area contributed by atoms with E-state index in [4.69, 9.17) is 5.73 Å². The Bertz CT molecular complexity index is 728. The van der Waals surface area contributed by atoms with Crippen LogP contribution in [0.2, 0.25) is 0 Å². The summed E-state index contributed by atoms with van der Waals surface area (Å²) in [5, 5.41) is 10.6. The molecule has 0 saturated heterocycles. The zero-order chi connectivity index (χ0) is 14.8. The summed E-state index contributed by atoms with van der Waals surface area (Å²) in [7, 11) is -3.83. The lowest BCUT2D eigenvalue weighted by atomic mass is 10.3. The van der Waals surface area contributed by atoms with Crippen LogP contribution in [0.5, 0.6) is 0 Å². The predicted octanol–water partition coefficient (Wildman–Crippen LogP) is 1.11. The summed E-state index contributed by atoms with van der Waals surface area (Å²) in [4.78, 5) is 14.3. The van der Waals surface area contributed by atoms with E-state index in [0.717, 1.165) is 23.1 Å². The fourth-order valence-electron chi connectivity index (χ4n) is 1.47. The van der Waals surface area contributed by atoms with Gasteiger partial charge in [0.05, 0.1) is 16.1 Å². The molecule has 1 aromatic heterocycles. The van der Waals surface area contributed by atoms with Gasteiger partial charge in [0.25, 0.3) is 5.69 Å². The number of nitrogens with two attached hydrogens (primary N) is 1. The highest BCUT2D eigenvalue weighted by molar-refractivity contribution is 7.89. The number of nitrogen functional groups attached to an aromatic ring is 1. The minimum Gasteiger partial charge on any atom is -0.397 e. The average molecular weight is 314 g/mol. The van der Waals surface area contributed by atoms with Gasteiger partial charge in [0.2, 0.25) is 10.0 Å². The van der Waals surface area contributed by atoms with Crippen molar-refractivity contribution in [3.8, 4) is 0 Å². The highest BCUT2D eigenvalue weighted by atomic mass is 32.2. The van der Waals surface area contributed by atoms with Crippen LogP contribution in [-0.4, -0.2) is 18.3 Å². The summed E-state index contributed by atoms with van der Waals surface area (Å²) in [6.07, 6.45) is 1.55. The van der Waals surface area contributed by atoms with E-state index in [1.807, 2.05) is 0 Å². The normalized spacial score (nSPS) is 11.4. The SMILES string of the molecule is Nc1cc([N+](=O)[O-])ccc1S(=O)(=O)NCc1cncs1. The summed E-state index contributed by atoms with van der Waals surface area (Å²) >= 11 is 1.31. The molecule has 0 fully saturated rings. The van der Waals surface area contributed by atoms with Gasteiger partial charge in [0.15, 0.2) is 0 Å². The largest absolute Gasteiger partial charge is 0.397 e. The number of thiazole rings is 1. The van der Waals surface area contributed by atoms with Gasteiger partial charge in [-0.05, 0) is 6.07 Å². The summed E-state index contributed by atoms with van der Waals surface area (Å²) in [5.74, 6) is 0. The van der Waals surface area contributed by atoms with Gasteiger partial charge in [-0.25, -0.2) is 13.1 Å². The van der Waals surface area contributed by atoms with Crippen molar-refractivity contribution in [3.63, 3.8) is 0 Å². The van der Waals surface area contributed by atoms with E-state index in [-0.39, 0.29) is 22.8 Å². The van der Waals surface area contributed by atoms with Gasteiger partial charge in [-0.2, -0.15) is 0 Å². The number of hydrogen-bond donors (Lipinski definition) is 2. The molecule has 0 bridgehead atoms. The Labute approximate surface area is 118 Å². The third kappa shape index (κ3) is 3.10. The molecule has 3 N–H and O–H groups in total. The summed E-state index contributed by atoms with van der Waals surface area (Å²) in [5.41, 5.74) is 6.72. The van der Waals surface area contributed by atoms with E-state index in [2.05, 4.69) is 9.71 Å². The van der Waals surface area contributed by atoms with E-state index < -0.39 is 14.9 Å². The molecule has 0 saturated carbocycles. The van der Waals surface area contributed by atoms with Crippen LogP contribution in [0.15, 0.2) is 34.8 Å². The Morgan fingerprint density at radius 2 is 2.20 bits per heavy atom. The number of anilines is 1. The van der Waals surface area contributed by atoms with Crippen molar-refractivity contribution >= 4 is 32.7 Å². The van der Waals surface area contributed by atoms with E-state index >= 15 is 0 Å². The lowest BCUT2D eigenvalue weighted by molar-refractivity contribution is -0.384. The molecule has 0 unspecified atom stereocenters. The van der Waals surface area contributed by atoms with Crippen LogP contribution in [0.3, 0.4) is 0 Å². The van der Waals surface area contributed by atoms with Crippen molar-refractivity contribution in [1.29, 1.82) is 0 Å². The first-order valence-electron chi connectivity index (χ1n) is 5.31. The zero-order valence-electron chi connectivity index (χ0n) is 10.0. The maximum absolute atomic E-state index is 12.1. The summed E-state index contributed by atoms with van der Waals surface area (Å²) < 4.78 is 26.5. The number of nitro benzene ring substituents is 1.